The SMILES string of the molecule is COc1ccc(S(=O)(=O)NC2CCNC(C)C2)cc1Cl.Cl. The van der Waals surface area contributed by atoms with E-state index in [2.05, 4.69) is 10.0 Å². The molecule has 0 amide bonds. The Bertz CT molecular complexity index is 581. The summed E-state index contributed by atoms with van der Waals surface area (Å²) >= 11 is 5.97. The lowest BCUT2D eigenvalue weighted by molar-refractivity contribution is 0.361. The highest BCUT2D eigenvalue weighted by Crippen LogP contribution is 2.27. The lowest BCUT2D eigenvalue weighted by atomic mass is 10.0. The van der Waals surface area contributed by atoms with E-state index in [0.717, 1.165) is 19.4 Å². The second kappa shape index (κ2) is 7.65. The molecule has 1 aromatic rings. The number of nitrogens with one attached hydrogen (secondary N) is 2. The van der Waals surface area contributed by atoms with Gasteiger partial charge >= 0.3 is 0 Å². The molecule has 8 heteroatoms. The number of methoxy groups -OCH3 is 1. The van der Waals surface area contributed by atoms with Crippen molar-refractivity contribution in [1.82, 2.24) is 10.0 Å². The minimum absolute atomic E-state index is 0. The predicted octanol–water partition coefficient (Wildman–Crippen LogP) is 2.19. The van der Waals surface area contributed by atoms with Crippen LogP contribution in [0.4, 0.5) is 0 Å². The van der Waals surface area contributed by atoms with Gasteiger partial charge in [-0.2, -0.15) is 0 Å². The molecule has 0 saturated carbocycles. The number of hydrogen-bond donors (Lipinski definition) is 2. The van der Waals surface area contributed by atoms with Crippen LogP contribution < -0.4 is 14.8 Å². The lowest BCUT2D eigenvalue weighted by Gasteiger charge is -2.28. The van der Waals surface area contributed by atoms with Gasteiger partial charge < -0.3 is 10.1 Å². The molecule has 1 fully saturated rings. The molecule has 1 aliphatic heterocycles. The molecule has 1 aliphatic rings. The smallest absolute Gasteiger partial charge is 0.240 e. The van der Waals surface area contributed by atoms with Gasteiger partial charge in [-0.05, 0) is 44.5 Å². The first-order chi connectivity index (χ1) is 9.42. The molecule has 2 atom stereocenters. The summed E-state index contributed by atoms with van der Waals surface area (Å²) in [6, 6.07) is 4.74. The second-order valence-electron chi connectivity index (χ2n) is 4.99. The van der Waals surface area contributed by atoms with Crippen LogP contribution in [0.25, 0.3) is 0 Å². The first-order valence-electron chi connectivity index (χ1n) is 6.51. The van der Waals surface area contributed by atoms with Crippen LogP contribution in [0.2, 0.25) is 5.02 Å². The van der Waals surface area contributed by atoms with Gasteiger partial charge in [0.2, 0.25) is 10.0 Å². The van der Waals surface area contributed by atoms with Crippen LogP contribution in [0.3, 0.4) is 0 Å². The van der Waals surface area contributed by atoms with Crippen molar-refractivity contribution < 1.29 is 13.2 Å². The summed E-state index contributed by atoms with van der Waals surface area (Å²) in [7, 11) is -2.06. The van der Waals surface area contributed by atoms with E-state index in [1.165, 1.54) is 19.2 Å². The van der Waals surface area contributed by atoms with Crippen LogP contribution in [0.5, 0.6) is 5.75 Å². The molecular weight excluding hydrogens is 335 g/mol. The third kappa shape index (κ3) is 4.72. The zero-order valence-electron chi connectivity index (χ0n) is 11.9. The molecule has 2 unspecified atom stereocenters. The van der Waals surface area contributed by atoms with Crippen molar-refractivity contribution >= 4 is 34.0 Å². The van der Waals surface area contributed by atoms with Gasteiger partial charge in [-0.3, -0.25) is 0 Å². The molecule has 1 saturated heterocycles. The normalized spacial score (nSPS) is 22.4. The standard InChI is InChI=1S/C13H19ClN2O3S.ClH/c1-9-7-10(5-6-15-9)16-20(17,18)11-3-4-13(19-2)12(14)8-11;/h3-4,8-10,15-16H,5-7H2,1-2H3;1H. The number of halogens is 2. The number of piperidine rings is 1. The third-order valence-corrected chi connectivity index (χ3v) is 5.19. The van der Waals surface area contributed by atoms with Gasteiger partial charge in [-0.1, -0.05) is 11.6 Å². The largest absolute Gasteiger partial charge is 0.495 e. The summed E-state index contributed by atoms with van der Waals surface area (Å²) in [5.74, 6) is 0.459. The van der Waals surface area contributed by atoms with E-state index in [0.29, 0.717) is 11.8 Å². The summed E-state index contributed by atoms with van der Waals surface area (Å²) in [6.07, 6.45) is 1.57. The Labute approximate surface area is 136 Å². The summed E-state index contributed by atoms with van der Waals surface area (Å²) < 4.78 is 32.4. The van der Waals surface area contributed by atoms with Crippen LogP contribution >= 0.6 is 24.0 Å². The quantitative estimate of drug-likeness (QED) is 0.869. The Balaban J connectivity index is 0.00000220. The lowest BCUT2D eigenvalue weighted by Crippen LogP contribution is -2.46. The van der Waals surface area contributed by atoms with Crippen molar-refractivity contribution in [3.8, 4) is 5.75 Å². The van der Waals surface area contributed by atoms with Crippen LogP contribution in [0, 0.1) is 0 Å². The van der Waals surface area contributed by atoms with Gasteiger partial charge in [0.1, 0.15) is 5.75 Å². The Morgan fingerprint density at radius 1 is 1.43 bits per heavy atom. The van der Waals surface area contributed by atoms with Gasteiger partial charge in [0, 0.05) is 12.1 Å². The first kappa shape index (κ1) is 18.5. The third-order valence-electron chi connectivity index (χ3n) is 3.38. The van der Waals surface area contributed by atoms with Gasteiger partial charge in [0.25, 0.3) is 0 Å². The Morgan fingerprint density at radius 2 is 2.14 bits per heavy atom. The average Bonchev–Trinajstić information content (AvgIpc) is 2.38. The monoisotopic (exact) mass is 354 g/mol. The summed E-state index contributed by atoms with van der Waals surface area (Å²) in [4.78, 5) is 0.162. The Kier molecular flexibility index (Phi) is 6.74. The number of sulfonamides is 1. The van der Waals surface area contributed by atoms with Crippen LogP contribution in [0.1, 0.15) is 19.8 Å². The van der Waals surface area contributed by atoms with Crippen LogP contribution in [0.15, 0.2) is 23.1 Å². The van der Waals surface area contributed by atoms with E-state index >= 15 is 0 Å². The molecule has 0 radical (unpaired) electrons. The van der Waals surface area contributed by atoms with Gasteiger partial charge in [-0.15, -0.1) is 12.4 Å². The maximum Gasteiger partial charge on any atom is 0.240 e. The molecule has 0 spiro atoms. The molecule has 0 aliphatic carbocycles. The first-order valence-corrected chi connectivity index (χ1v) is 8.38. The number of ether oxygens (including phenoxy) is 1. The van der Waals surface area contributed by atoms with Gasteiger partial charge in [-0.25, -0.2) is 13.1 Å². The van der Waals surface area contributed by atoms with Gasteiger partial charge in [0.15, 0.2) is 0 Å². The molecule has 120 valence electrons. The van der Waals surface area contributed by atoms with Gasteiger partial charge in [0.05, 0.1) is 17.0 Å². The maximum absolute atomic E-state index is 12.3. The van der Waals surface area contributed by atoms with E-state index in [1.54, 1.807) is 6.07 Å². The minimum Gasteiger partial charge on any atom is -0.495 e. The zero-order valence-corrected chi connectivity index (χ0v) is 14.3. The number of rotatable bonds is 4. The molecular formula is C13H20Cl2N2O3S. The molecule has 21 heavy (non-hydrogen) atoms. The van der Waals surface area contributed by atoms with Crippen molar-refractivity contribution in [2.45, 2.75) is 36.7 Å². The molecule has 1 heterocycles. The van der Waals surface area contributed by atoms with Crippen molar-refractivity contribution in [1.29, 1.82) is 0 Å². The van der Waals surface area contributed by atoms with Crippen LogP contribution in [-0.4, -0.2) is 34.2 Å². The van der Waals surface area contributed by atoms with E-state index < -0.39 is 10.0 Å². The Hall–Kier alpha value is -0.530. The maximum atomic E-state index is 12.3. The van der Waals surface area contributed by atoms with E-state index in [9.17, 15) is 8.42 Å². The second-order valence-corrected chi connectivity index (χ2v) is 7.12. The highest BCUT2D eigenvalue weighted by atomic mass is 35.5. The molecule has 0 bridgehead atoms. The van der Waals surface area contributed by atoms with E-state index in [1.807, 2.05) is 6.92 Å². The van der Waals surface area contributed by atoms with E-state index in [4.69, 9.17) is 16.3 Å². The minimum atomic E-state index is -3.55. The topological polar surface area (TPSA) is 67.4 Å². The van der Waals surface area contributed by atoms with Crippen molar-refractivity contribution in [3.63, 3.8) is 0 Å². The fourth-order valence-corrected chi connectivity index (χ4v) is 3.97. The summed E-state index contributed by atoms with van der Waals surface area (Å²) in [5.41, 5.74) is 0. The average molecular weight is 355 g/mol. The number of hydrogen-bond acceptors (Lipinski definition) is 4. The van der Waals surface area contributed by atoms with Crippen molar-refractivity contribution in [3.05, 3.63) is 23.2 Å². The van der Waals surface area contributed by atoms with E-state index in [-0.39, 0.29) is 28.4 Å². The Morgan fingerprint density at radius 3 is 2.71 bits per heavy atom. The number of benzene rings is 1. The molecule has 1 aromatic carbocycles. The molecule has 2 rings (SSSR count). The summed E-state index contributed by atoms with van der Waals surface area (Å²) in [5, 5.41) is 3.58. The highest BCUT2D eigenvalue weighted by molar-refractivity contribution is 7.89. The highest BCUT2D eigenvalue weighted by Gasteiger charge is 2.24. The van der Waals surface area contributed by atoms with Crippen molar-refractivity contribution in [2.24, 2.45) is 0 Å². The van der Waals surface area contributed by atoms with Crippen LogP contribution in [-0.2, 0) is 10.0 Å². The fourth-order valence-electron chi connectivity index (χ4n) is 2.34. The predicted molar refractivity (Wildman–Crippen MR) is 86.1 cm³/mol. The fraction of sp³-hybridized carbons (Fsp3) is 0.538. The summed E-state index contributed by atoms with van der Waals surface area (Å²) in [6.45, 7) is 2.86. The molecule has 0 aromatic heterocycles. The molecule has 5 nitrogen and oxygen atoms in total. The molecule has 2 N–H and O–H groups in total. The van der Waals surface area contributed by atoms with Crippen molar-refractivity contribution in [2.75, 3.05) is 13.7 Å². The zero-order chi connectivity index (χ0) is 14.8.